The lowest BCUT2D eigenvalue weighted by Gasteiger charge is -2.26. The van der Waals surface area contributed by atoms with E-state index in [9.17, 15) is 4.79 Å². The molecule has 0 saturated heterocycles. The minimum Gasteiger partial charge on any atom is -0.363 e. The van der Waals surface area contributed by atoms with Crippen molar-refractivity contribution >= 4 is 11.7 Å². The first-order chi connectivity index (χ1) is 7.27. The Morgan fingerprint density at radius 1 is 1.53 bits per heavy atom. The number of anilines is 1. The molecule has 1 aliphatic carbocycles. The molecule has 2 unspecified atom stereocenters. The number of rotatable bonds is 2. The van der Waals surface area contributed by atoms with Crippen molar-refractivity contribution in [2.75, 3.05) is 5.32 Å². The van der Waals surface area contributed by atoms with Crippen LogP contribution in [0.15, 0.2) is 16.9 Å². The van der Waals surface area contributed by atoms with Crippen molar-refractivity contribution in [1.82, 2.24) is 5.16 Å². The van der Waals surface area contributed by atoms with Gasteiger partial charge in [0.05, 0.1) is 5.92 Å². The fraction of sp³-hybridized carbons (Fsp3) is 0.600. The molecular weight excluding hydrogens is 194 g/mol. The van der Waals surface area contributed by atoms with E-state index in [0.29, 0.717) is 5.82 Å². The van der Waals surface area contributed by atoms with Gasteiger partial charge in [-0.05, 0) is 12.8 Å². The summed E-state index contributed by atoms with van der Waals surface area (Å²) in [6.45, 7) is 0. The molecule has 0 spiro atoms. The number of amides is 1. The molecule has 2 rings (SSSR count). The summed E-state index contributed by atoms with van der Waals surface area (Å²) < 4.78 is 4.63. The van der Waals surface area contributed by atoms with Crippen LogP contribution in [0.25, 0.3) is 0 Å². The third-order valence-corrected chi connectivity index (χ3v) is 2.85. The fourth-order valence-corrected chi connectivity index (χ4v) is 1.98. The molecule has 1 saturated carbocycles. The van der Waals surface area contributed by atoms with E-state index in [1.54, 1.807) is 6.07 Å². The highest BCUT2D eigenvalue weighted by atomic mass is 16.5. The maximum absolute atomic E-state index is 11.8. The van der Waals surface area contributed by atoms with E-state index in [4.69, 9.17) is 5.73 Å². The lowest BCUT2D eigenvalue weighted by atomic mass is 9.84. The highest BCUT2D eigenvalue weighted by molar-refractivity contribution is 5.92. The first-order valence-electron chi connectivity index (χ1n) is 5.24. The van der Waals surface area contributed by atoms with Crippen LogP contribution >= 0.6 is 0 Å². The van der Waals surface area contributed by atoms with Crippen LogP contribution in [0.2, 0.25) is 0 Å². The van der Waals surface area contributed by atoms with Crippen molar-refractivity contribution in [2.24, 2.45) is 11.7 Å². The summed E-state index contributed by atoms with van der Waals surface area (Å²) >= 11 is 0. The molecule has 0 aromatic carbocycles. The molecule has 2 atom stereocenters. The largest absolute Gasteiger partial charge is 0.363 e. The number of aromatic nitrogens is 1. The van der Waals surface area contributed by atoms with E-state index in [1.165, 1.54) is 6.26 Å². The molecule has 0 radical (unpaired) electrons. The molecule has 1 aliphatic rings. The van der Waals surface area contributed by atoms with Crippen LogP contribution in [0.1, 0.15) is 25.7 Å². The summed E-state index contributed by atoms with van der Waals surface area (Å²) in [5, 5.41) is 6.33. The van der Waals surface area contributed by atoms with Crippen LogP contribution in [0, 0.1) is 5.92 Å². The zero-order chi connectivity index (χ0) is 10.7. The summed E-state index contributed by atoms with van der Waals surface area (Å²) in [6, 6.07) is 1.59. The molecule has 1 fully saturated rings. The van der Waals surface area contributed by atoms with E-state index < -0.39 is 0 Å². The van der Waals surface area contributed by atoms with E-state index in [1.807, 2.05) is 0 Å². The molecule has 5 heteroatoms. The number of nitrogens with two attached hydrogens (primary N) is 1. The third-order valence-electron chi connectivity index (χ3n) is 2.85. The molecule has 3 N–H and O–H groups in total. The Labute approximate surface area is 88.0 Å². The smallest absolute Gasteiger partial charge is 0.230 e. The Balaban J connectivity index is 1.95. The SMILES string of the molecule is NC1CCCCC1C(=O)Nc1ccon1. The highest BCUT2D eigenvalue weighted by Crippen LogP contribution is 2.23. The number of nitrogens with zero attached hydrogens (tertiary/aromatic N) is 1. The Kier molecular flexibility index (Phi) is 3.01. The average Bonchev–Trinajstić information content (AvgIpc) is 2.71. The molecule has 15 heavy (non-hydrogen) atoms. The van der Waals surface area contributed by atoms with Crippen molar-refractivity contribution in [3.63, 3.8) is 0 Å². The van der Waals surface area contributed by atoms with Gasteiger partial charge in [0.15, 0.2) is 5.82 Å². The summed E-state index contributed by atoms with van der Waals surface area (Å²) in [5.74, 6) is 0.323. The van der Waals surface area contributed by atoms with Gasteiger partial charge in [0.1, 0.15) is 6.26 Å². The molecule has 1 aromatic rings. The Morgan fingerprint density at radius 2 is 2.33 bits per heavy atom. The quantitative estimate of drug-likeness (QED) is 0.765. The third kappa shape index (κ3) is 2.36. The van der Waals surface area contributed by atoms with Gasteiger partial charge >= 0.3 is 0 Å². The number of carbonyl (C=O) groups excluding carboxylic acids is 1. The van der Waals surface area contributed by atoms with Crippen molar-refractivity contribution < 1.29 is 9.32 Å². The minimum atomic E-state index is -0.0875. The first kappa shape index (κ1) is 10.2. The Morgan fingerprint density at radius 3 is 3.00 bits per heavy atom. The van der Waals surface area contributed by atoms with E-state index >= 15 is 0 Å². The van der Waals surface area contributed by atoms with Gasteiger partial charge in [0.25, 0.3) is 0 Å². The maximum atomic E-state index is 11.8. The normalized spacial score (nSPS) is 26.2. The lowest BCUT2D eigenvalue weighted by Crippen LogP contribution is -2.40. The van der Waals surface area contributed by atoms with Gasteiger partial charge in [-0.3, -0.25) is 4.79 Å². The van der Waals surface area contributed by atoms with Gasteiger partial charge in [0.2, 0.25) is 5.91 Å². The van der Waals surface area contributed by atoms with Crippen molar-refractivity contribution in [3.05, 3.63) is 12.3 Å². The standard InChI is InChI=1S/C10H15N3O2/c11-8-4-2-1-3-7(8)10(14)12-9-5-6-15-13-9/h5-8H,1-4,11H2,(H,12,13,14). The fourth-order valence-electron chi connectivity index (χ4n) is 1.98. The molecule has 0 aliphatic heterocycles. The van der Waals surface area contributed by atoms with E-state index in [-0.39, 0.29) is 17.9 Å². The van der Waals surface area contributed by atoms with Crippen LogP contribution < -0.4 is 11.1 Å². The van der Waals surface area contributed by atoms with E-state index in [0.717, 1.165) is 25.7 Å². The number of nitrogens with one attached hydrogen (secondary N) is 1. The van der Waals surface area contributed by atoms with Gasteiger partial charge in [-0.25, -0.2) is 0 Å². The Hall–Kier alpha value is -1.36. The average molecular weight is 209 g/mol. The monoisotopic (exact) mass is 209 g/mol. The molecule has 5 nitrogen and oxygen atoms in total. The highest BCUT2D eigenvalue weighted by Gasteiger charge is 2.28. The summed E-state index contributed by atoms with van der Waals surface area (Å²) in [6.07, 6.45) is 5.41. The number of hydrogen-bond acceptors (Lipinski definition) is 4. The second-order valence-corrected chi connectivity index (χ2v) is 3.93. The van der Waals surface area contributed by atoms with Crippen molar-refractivity contribution in [2.45, 2.75) is 31.7 Å². The molecule has 1 amide bonds. The summed E-state index contributed by atoms with van der Waals surface area (Å²) in [7, 11) is 0. The molecule has 1 aromatic heterocycles. The molecule has 82 valence electrons. The molecule has 1 heterocycles. The lowest BCUT2D eigenvalue weighted by molar-refractivity contribution is -0.121. The topological polar surface area (TPSA) is 81.2 Å². The van der Waals surface area contributed by atoms with Crippen LogP contribution in [0.3, 0.4) is 0 Å². The maximum Gasteiger partial charge on any atom is 0.230 e. The van der Waals surface area contributed by atoms with Gasteiger partial charge in [-0.1, -0.05) is 18.0 Å². The van der Waals surface area contributed by atoms with Gasteiger partial charge < -0.3 is 15.6 Å². The molecule has 0 bridgehead atoms. The van der Waals surface area contributed by atoms with Gasteiger partial charge in [-0.2, -0.15) is 0 Å². The van der Waals surface area contributed by atoms with Crippen LogP contribution in [0.4, 0.5) is 5.82 Å². The van der Waals surface area contributed by atoms with Crippen LogP contribution in [-0.4, -0.2) is 17.1 Å². The van der Waals surface area contributed by atoms with Crippen LogP contribution in [-0.2, 0) is 4.79 Å². The second kappa shape index (κ2) is 4.44. The van der Waals surface area contributed by atoms with Crippen molar-refractivity contribution in [3.8, 4) is 0 Å². The van der Waals surface area contributed by atoms with E-state index in [2.05, 4.69) is 15.0 Å². The minimum absolute atomic E-state index is 0.0225. The van der Waals surface area contributed by atoms with Crippen molar-refractivity contribution in [1.29, 1.82) is 0 Å². The van der Waals surface area contributed by atoms with Gasteiger partial charge in [-0.15, -0.1) is 0 Å². The summed E-state index contributed by atoms with van der Waals surface area (Å²) in [4.78, 5) is 11.8. The zero-order valence-electron chi connectivity index (χ0n) is 8.48. The predicted molar refractivity (Wildman–Crippen MR) is 55.1 cm³/mol. The zero-order valence-corrected chi connectivity index (χ0v) is 8.48. The number of carbonyl (C=O) groups is 1. The Bertz CT molecular complexity index is 323. The summed E-state index contributed by atoms with van der Waals surface area (Å²) in [5.41, 5.74) is 5.90. The second-order valence-electron chi connectivity index (χ2n) is 3.93. The number of hydrogen-bond donors (Lipinski definition) is 2. The first-order valence-corrected chi connectivity index (χ1v) is 5.24. The predicted octanol–water partition coefficient (Wildman–Crippen LogP) is 1.13. The van der Waals surface area contributed by atoms with Crippen LogP contribution in [0.5, 0.6) is 0 Å². The molecular formula is C10H15N3O2. The van der Waals surface area contributed by atoms with Gasteiger partial charge in [0, 0.05) is 12.1 Å².